The van der Waals surface area contributed by atoms with Gasteiger partial charge in [-0.05, 0) is 37.5 Å². The average Bonchev–Trinajstić information content (AvgIpc) is 3.08. The molecule has 16 heavy (non-hydrogen) atoms. The zero-order valence-corrected chi connectivity index (χ0v) is 9.88. The van der Waals surface area contributed by atoms with Crippen LogP contribution in [0.4, 0.5) is 0 Å². The minimum absolute atomic E-state index is 0.0586. The van der Waals surface area contributed by atoms with Gasteiger partial charge in [-0.2, -0.15) is 0 Å². The molecule has 0 aliphatic heterocycles. The van der Waals surface area contributed by atoms with Gasteiger partial charge in [-0.1, -0.05) is 23.7 Å². The van der Waals surface area contributed by atoms with Gasteiger partial charge in [-0.25, -0.2) is 5.48 Å². The maximum absolute atomic E-state index is 11.9. The Kier molecular flexibility index (Phi) is 3.17. The van der Waals surface area contributed by atoms with E-state index in [4.69, 9.17) is 16.4 Å². The van der Waals surface area contributed by atoms with Crippen molar-refractivity contribution in [2.24, 2.45) is 0 Å². The number of hydroxylamine groups is 1. The SMILES string of the molecule is CCONC(=O)C1(c2ccc(Cl)cc2)CC1. The molecule has 0 aromatic heterocycles. The lowest BCUT2D eigenvalue weighted by molar-refractivity contribution is -0.135. The van der Waals surface area contributed by atoms with Crippen molar-refractivity contribution in [3.63, 3.8) is 0 Å². The average molecular weight is 240 g/mol. The van der Waals surface area contributed by atoms with Crippen LogP contribution >= 0.6 is 11.6 Å². The topological polar surface area (TPSA) is 38.3 Å². The Hall–Kier alpha value is -1.06. The predicted octanol–water partition coefficient (Wildman–Crippen LogP) is 2.44. The number of nitrogens with one attached hydrogen (secondary N) is 1. The maximum atomic E-state index is 11.9. The number of benzene rings is 1. The van der Waals surface area contributed by atoms with E-state index in [0.717, 1.165) is 18.4 Å². The van der Waals surface area contributed by atoms with Crippen molar-refractivity contribution in [2.45, 2.75) is 25.2 Å². The predicted molar refractivity (Wildman–Crippen MR) is 62.1 cm³/mol. The second kappa shape index (κ2) is 4.44. The molecule has 1 amide bonds. The number of rotatable bonds is 4. The second-order valence-electron chi connectivity index (χ2n) is 3.95. The molecular formula is C12H14ClNO2. The van der Waals surface area contributed by atoms with Crippen molar-refractivity contribution >= 4 is 17.5 Å². The van der Waals surface area contributed by atoms with Crippen LogP contribution in [0.15, 0.2) is 24.3 Å². The van der Waals surface area contributed by atoms with Gasteiger partial charge in [0.2, 0.25) is 0 Å². The van der Waals surface area contributed by atoms with Crippen LogP contribution in [0.2, 0.25) is 5.02 Å². The third kappa shape index (κ3) is 2.06. The highest BCUT2D eigenvalue weighted by atomic mass is 35.5. The standard InChI is InChI=1S/C12H14ClNO2/c1-2-16-14-11(15)12(7-8-12)9-3-5-10(13)6-4-9/h3-6H,2,7-8H2,1H3,(H,14,15). The Morgan fingerprint density at radius 1 is 1.44 bits per heavy atom. The molecule has 1 aliphatic rings. The smallest absolute Gasteiger partial charge is 0.254 e. The van der Waals surface area contributed by atoms with Gasteiger partial charge in [-0.15, -0.1) is 0 Å². The van der Waals surface area contributed by atoms with Gasteiger partial charge in [0.05, 0.1) is 12.0 Å². The molecule has 1 fully saturated rings. The molecule has 3 nitrogen and oxygen atoms in total. The van der Waals surface area contributed by atoms with Crippen LogP contribution in [0.1, 0.15) is 25.3 Å². The quantitative estimate of drug-likeness (QED) is 0.820. The van der Waals surface area contributed by atoms with E-state index in [9.17, 15) is 4.79 Å². The Bertz CT molecular complexity index is 385. The van der Waals surface area contributed by atoms with E-state index in [0.29, 0.717) is 11.6 Å². The van der Waals surface area contributed by atoms with Crippen LogP contribution < -0.4 is 5.48 Å². The normalized spacial score (nSPS) is 16.9. The second-order valence-corrected chi connectivity index (χ2v) is 4.39. The van der Waals surface area contributed by atoms with Crippen molar-refractivity contribution in [3.8, 4) is 0 Å². The molecule has 86 valence electrons. The number of amides is 1. The lowest BCUT2D eigenvalue weighted by Crippen LogP contribution is -2.34. The molecule has 2 rings (SSSR count). The zero-order chi connectivity index (χ0) is 11.6. The molecule has 1 saturated carbocycles. The van der Waals surface area contributed by atoms with Crippen molar-refractivity contribution < 1.29 is 9.63 Å². The van der Waals surface area contributed by atoms with Gasteiger partial charge in [0, 0.05) is 5.02 Å². The highest BCUT2D eigenvalue weighted by molar-refractivity contribution is 6.30. The van der Waals surface area contributed by atoms with Crippen molar-refractivity contribution in [3.05, 3.63) is 34.9 Å². The fourth-order valence-corrected chi connectivity index (χ4v) is 1.90. The highest BCUT2D eigenvalue weighted by Crippen LogP contribution is 2.48. The summed E-state index contributed by atoms with van der Waals surface area (Å²) in [5, 5.41) is 0.685. The third-order valence-electron chi connectivity index (χ3n) is 2.89. The molecule has 1 N–H and O–H groups in total. The van der Waals surface area contributed by atoms with E-state index >= 15 is 0 Å². The summed E-state index contributed by atoms with van der Waals surface area (Å²) in [5.74, 6) is -0.0586. The Morgan fingerprint density at radius 2 is 2.06 bits per heavy atom. The first-order chi connectivity index (χ1) is 7.69. The van der Waals surface area contributed by atoms with E-state index in [1.165, 1.54) is 0 Å². The van der Waals surface area contributed by atoms with Gasteiger partial charge in [-0.3, -0.25) is 9.63 Å². The summed E-state index contributed by atoms with van der Waals surface area (Å²) in [7, 11) is 0. The molecule has 0 atom stereocenters. The minimum atomic E-state index is -0.389. The summed E-state index contributed by atoms with van der Waals surface area (Å²) in [4.78, 5) is 16.8. The van der Waals surface area contributed by atoms with Gasteiger partial charge < -0.3 is 0 Å². The monoisotopic (exact) mass is 239 g/mol. The Balaban J connectivity index is 2.13. The number of carbonyl (C=O) groups is 1. The van der Waals surface area contributed by atoms with Crippen molar-refractivity contribution in [2.75, 3.05) is 6.61 Å². The number of hydrogen-bond donors (Lipinski definition) is 1. The van der Waals surface area contributed by atoms with E-state index in [1.807, 2.05) is 31.2 Å². The molecular weight excluding hydrogens is 226 g/mol. The molecule has 0 unspecified atom stereocenters. The Labute approximate surface area is 99.7 Å². The highest BCUT2D eigenvalue weighted by Gasteiger charge is 2.51. The van der Waals surface area contributed by atoms with Gasteiger partial charge in [0.25, 0.3) is 5.91 Å². The fourth-order valence-electron chi connectivity index (χ4n) is 1.78. The van der Waals surface area contributed by atoms with Gasteiger partial charge in [0.15, 0.2) is 0 Å². The number of halogens is 1. The summed E-state index contributed by atoms with van der Waals surface area (Å²) < 4.78 is 0. The summed E-state index contributed by atoms with van der Waals surface area (Å²) >= 11 is 5.82. The van der Waals surface area contributed by atoms with Gasteiger partial charge in [0.1, 0.15) is 0 Å². The van der Waals surface area contributed by atoms with Crippen LogP contribution in [-0.4, -0.2) is 12.5 Å². The lowest BCUT2D eigenvalue weighted by atomic mass is 9.95. The first-order valence-corrected chi connectivity index (χ1v) is 5.75. The molecule has 1 aromatic rings. The van der Waals surface area contributed by atoms with Crippen LogP contribution in [0, 0.1) is 0 Å². The molecule has 0 radical (unpaired) electrons. The molecule has 0 heterocycles. The molecule has 1 aromatic carbocycles. The van der Waals surface area contributed by atoms with E-state index in [2.05, 4.69) is 5.48 Å². The maximum Gasteiger partial charge on any atom is 0.254 e. The van der Waals surface area contributed by atoms with E-state index in [-0.39, 0.29) is 11.3 Å². The molecule has 0 spiro atoms. The van der Waals surface area contributed by atoms with Gasteiger partial charge >= 0.3 is 0 Å². The summed E-state index contributed by atoms with van der Waals surface area (Å²) in [6.45, 7) is 2.31. The molecule has 4 heteroatoms. The largest absolute Gasteiger partial charge is 0.274 e. The molecule has 0 bridgehead atoms. The van der Waals surface area contributed by atoms with Crippen LogP contribution in [0.5, 0.6) is 0 Å². The summed E-state index contributed by atoms with van der Waals surface area (Å²) in [6.07, 6.45) is 1.74. The number of hydrogen-bond acceptors (Lipinski definition) is 2. The number of carbonyl (C=O) groups excluding carboxylic acids is 1. The first kappa shape index (κ1) is 11.4. The summed E-state index contributed by atoms with van der Waals surface area (Å²) in [5.41, 5.74) is 3.10. The summed E-state index contributed by atoms with van der Waals surface area (Å²) in [6, 6.07) is 7.43. The van der Waals surface area contributed by atoms with Crippen molar-refractivity contribution in [1.29, 1.82) is 0 Å². The molecule has 1 aliphatic carbocycles. The molecule has 0 saturated heterocycles. The van der Waals surface area contributed by atoms with Crippen LogP contribution in [0.25, 0.3) is 0 Å². The first-order valence-electron chi connectivity index (χ1n) is 5.37. The van der Waals surface area contributed by atoms with E-state index < -0.39 is 0 Å². The van der Waals surface area contributed by atoms with Crippen LogP contribution in [-0.2, 0) is 15.0 Å². The fraction of sp³-hybridized carbons (Fsp3) is 0.417. The zero-order valence-electron chi connectivity index (χ0n) is 9.13. The minimum Gasteiger partial charge on any atom is -0.274 e. The third-order valence-corrected chi connectivity index (χ3v) is 3.14. The van der Waals surface area contributed by atoms with E-state index in [1.54, 1.807) is 0 Å². The van der Waals surface area contributed by atoms with Crippen molar-refractivity contribution in [1.82, 2.24) is 5.48 Å². The van der Waals surface area contributed by atoms with Crippen LogP contribution in [0.3, 0.4) is 0 Å². The lowest BCUT2D eigenvalue weighted by Gasteiger charge is -2.15. The Morgan fingerprint density at radius 3 is 2.56 bits per heavy atom.